The first-order valence-corrected chi connectivity index (χ1v) is 5.91. The van der Waals surface area contributed by atoms with E-state index in [0.717, 1.165) is 5.56 Å². The van der Waals surface area contributed by atoms with E-state index in [1.54, 1.807) is 31.2 Å². The molecule has 0 aliphatic rings. The highest BCUT2D eigenvalue weighted by Crippen LogP contribution is 2.09. The number of ether oxygens (including phenoxy) is 1. The third-order valence-electron chi connectivity index (χ3n) is 2.05. The molecule has 19 heavy (non-hydrogen) atoms. The Bertz CT molecular complexity index is 473. The maximum absolute atomic E-state index is 11.5. The fourth-order valence-corrected chi connectivity index (χ4v) is 1.33. The van der Waals surface area contributed by atoms with E-state index in [-0.39, 0.29) is 13.0 Å². The number of esters is 1. The normalized spacial score (nSPS) is 9.58. The van der Waals surface area contributed by atoms with E-state index in [1.165, 1.54) is 0 Å². The predicted octanol–water partition coefficient (Wildman–Crippen LogP) is 0.593. The van der Waals surface area contributed by atoms with Crippen LogP contribution in [-0.4, -0.2) is 24.4 Å². The van der Waals surface area contributed by atoms with Gasteiger partial charge in [0.1, 0.15) is 0 Å². The lowest BCUT2D eigenvalue weighted by Gasteiger charge is -2.06. The number of benzene rings is 1. The molecule has 1 aromatic rings. The van der Waals surface area contributed by atoms with Crippen molar-refractivity contribution in [2.75, 3.05) is 6.61 Å². The summed E-state index contributed by atoms with van der Waals surface area (Å²) in [5.41, 5.74) is 4.80. The van der Waals surface area contributed by atoms with Crippen molar-refractivity contribution < 1.29 is 19.1 Å². The molecule has 0 spiro atoms. The van der Waals surface area contributed by atoms with Crippen LogP contribution in [0.4, 0.5) is 0 Å². The van der Waals surface area contributed by atoms with Crippen LogP contribution in [0.1, 0.15) is 12.5 Å². The molecule has 0 aromatic heterocycles. The fraction of sp³-hybridized carbons (Fsp3) is 0.250. The van der Waals surface area contributed by atoms with Crippen LogP contribution in [0, 0.1) is 0 Å². The Morgan fingerprint density at radius 2 is 1.79 bits per heavy atom. The second kappa shape index (κ2) is 7.38. The first-order chi connectivity index (χ1) is 9.02. The number of nitrogens with one attached hydrogen (secondary N) is 2. The van der Waals surface area contributed by atoms with E-state index in [1.807, 2.05) is 5.43 Å². The van der Waals surface area contributed by atoms with Gasteiger partial charge >= 0.3 is 11.9 Å². The van der Waals surface area contributed by atoms with Gasteiger partial charge < -0.3 is 4.74 Å². The Morgan fingerprint density at radius 3 is 2.37 bits per heavy atom. The summed E-state index contributed by atoms with van der Waals surface area (Å²) in [7, 11) is 0. The smallest absolute Gasteiger partial charge is 0.398 e. The number of hydrogen-bond donors (Lipinski definition) is 2. The molecule has 0 saturated carbocycles. The van der Waals surface area contributed by atoms with Crippen molar-refractivity contribution in [3.05, 3.63) is 34.9 Å². The Morgan fingerprint density at radius 1 is 1.16 bits per heavy atom. The predicted molar refractivity (Wildman–Crippen MR) is 68.1 cm³/mol. The molecule has 1 aromatic carbocycles. The monoisotopic (exact) mass is 284 g/mol. The maximum Gasteiger partial charge on any atom is 0.398 e. The lowest BCUT2D eigenvalue weighted by atomic mass is 10.1. The number of carbonyl (C=O) groups is 3. The van der Waals surface area contributed by atoms with E-state index in [2.05, 4.69) is 10.2 Å². The minimum Gasteiger partial charge on any atom is -0.459 e. The van der Waals surface area contributed by atoms with Crippen molar-refractivity contribution in [2.45, 2.75) is 13.3 Å². The third kappa shape index (κ3) is 5.39. The van der Waals surface area contributed by atoms with E-state index >= 15 is 0 Å². The first kappa shape index (κ1) is 15.0. The molecule has 0 heterocycles. The minimum absolute atomic E-state index is 0.0558. The molecule has 0 radical (unpaired) electrons. The van der Waals surface area contributed by atoms with Crippen molar-refractivity contribution in [2.24, 2.45) is 0 Å². The number of hydrazine groups is 1. The van der Waals surface area contributed by atoms with Crippen LogP contribution < -0.4 is 10.9 Å². The van der Waals surface area contributed by atoms with E-state index in [4.69, 9.17) is 11.6 Å². The summed E-state index contributed by atoms with van der Waals surface area (Å²) in [4.78, 5) is 33.5. The second-order valence-corrected chi connectivity index (χ2v) is 3.96. The summed E-state index contributed by atoms with van der Waals surface area (Å²) >= 11 is 5.71. The van der Waals surface area contributed by atoms with Crippen molar-refractivity contribution in [3.8, 4) is 0 Å². The molecule has 2 N–H and O–H groups in total. The lowest BCUT2D eigenvalue weighted by Crippen LogP contribution is -2.46. The van der Waals surface area contributed by atoms with Crippen LogP contribution in [0.15, 0.2) is 24.3 Å². The molecule has 0 saturated heterocycles. The Kier molecular flexibility index (Phi) is 5.81. The topological polar surface area (TPSA) is 84.5 Å². The highest BCUT2D eigenvalue weighted by atomic mass is 35.5. The largest absolute Gasteiger partial charge is 0.459 e. The van der Waals surface area contributed by atoms with Gasteiger partial charge in [0.25, 0.3) is 0 Å². The molecule has 0 unspecified atom stereocenters. The summed E-state index contributed by atoms with van der Waals surface area (Å²) in [5.74, 6) is -2.53. The number of amides is 2. The number of carbonyl (C=O) groups excluding carboxylic acids is 3. The van der Waals surface area contributed by atoms with Crippen LogP contribution in [0.2, 0.25) is 5.02 Å². The summed E-state index contributed by atoms with van der Waals surface area (Å²) in [5, 5.41) is 0.569. The van der Waals surface area contributed by atoms with Crippen molar-refractivity contribution in [3.63, 3.8) is 0 Å². The Balaban J connectivity index is 2.37. The standard InChI is InChI=1S/C12H13ClN2O4/c1-2-19-12(18)11(17)15-14-10(16)7-8-3-5-9(13)6-4-8/h3-6H,2,7H2,1H3,(H,14,16)(H,15,17). The second-order valence-electron chi connectivity index (χ2n) is 3.53. The van der Waals surface area contributed by atoms with Gasteiger partial charge in [-0.05, 0) is 24.6 Å². The molecule has 0 aliphatic carbocycles. The third-order valence-corrected chi connectivity index (χ3v) is 2.31. The van der Waals surface area contributed by atoms with E-state index in [0.29, 0.717) is 5.02 Å². The first-order valence-electron chi connectivity index (χ1n) is 5.53. The summed E-state index contributed by atoms with van der Waals surface area (Å²) in [6.45, 7) is 1.66. The summed E-state index contributed by atoms with van der Waals surface area (Å²) in [6.07, 6.45) is 0.0558. The van der Waals surface area contributed by atoms with E-state index < -0.39 is 17.8 Å². The molecule has 7 heteroatoms. The van der Waals surface area contributed by atoms with Crippen LogP contribution in [-0.2, 0) is 25.5 Å². The average molecular weight is 285 g/mol. The van der Waals surface area contributed by atoms with Gasteiger partial charge in [-0.15, -0.1) is 0 Å². The molecule has 0 aliphatic heterocycles. The molecule has 0 fully saturated rings. The van der Waals surface area contributed by atoms with Crippen LogP contribution in [0.3, 0.4) is 0 Å². The highest BCUT2D eigenvalue weighted by molar-refractivity contribution is 6.32. The molecular formula is C12H13ClN2O4. The summed E-state index contributed by atoms with van der Waals surface area (Å²) in [6, 6.07) is 6.69. The van der Waals surface area contributed by atoms with Crippen molar-refractivity contribution in [1.82, 2.24) is 10.9 Å². The van der Waals surface area contributed by atoms with Crippen LogP contribution in [0.25, 0.3) is 0 Å². The zero-order valence-corrected chi connectivity index (χ0v) is 11.0. The van der Waals surface area contributed by atoms with Crippen LogP contribution >= 0.6 is 11.6 Å². The summed E-state index contributed by atoms with van der Waals surface area (Å²) < 4.78 is 4.45. The quantitative estimate of drug-likeness (QED) is 0.483. The number of hydrogen-bond acceptors (Lipinski definition) is 4. The zero-order valence-electron chi connectivity index (χ0n) is 10.2. The average Bonchev–Trinajstić information content (AvgIpc) is 2.39. The highest BCUT2D eigenvalue weighted by Gasteiger charge is 2.15. The van der Waals surface area contributed by atoms with E-state index in [9.17, 15) is 14.4 Å². The fourth-order valence-electron chi connectivity index (χ4n) is 1.21. The molecule has 0 atom stereocenters. The van der Waals surface area contributed by atoms with Crippen molar-refractivity contribution in [1.29, 1.82) is 0 Å². The Labute approximate surface area is 115 Å². The molecular weight excluding hydrogens is 272 g/mol. The molecule has 6 nitrogen and oxygen atoms in total. The zero-order chi connectivity index (χ0) is 14.3. The molecule has 2 amide bonds. The molecule has 0 bridgehead atoms. The number of rotatable bonds is 3. The van der Waals surface area contributed by atoms with Gasteiger partial charge in [0.05, 0.1) is 13.0 Å². The van der Waals surface area contributed by atoms with Gasteiger partial charge in [-0.3, -0.25) is 20.4 Å². The Hall–Kier alpha value is -2.08. The number of halogens is 1. The SMILES string of the molecule is CCOC(=O)C(=O)NNC(=O)Cc1ccc(Cl)cc1. The van der Waals surface area contributed by atoms with Gasteiger partial charge in [-0.25, -0.2) is 4.79 Å². The van der Waals surface area contributed by atoms with Crippen molar-refractivity contribution >= 4 is 29.4 Å². The molecule has 1 rings (SSSR count). The lowest BCUT2D eigenvalue weighted by molar-refractivity contribution is -0.155. The van der Waals surface area contributed by atoms with Crippen LogP contribution in [0.5, 0.6) is 0 Å². The van der Waals surface area contributed by atoms with Gasteiger partial charge in [0, 0.05) is 5.02 Å². The minimum atomic E-state index is -1.05. The van der Waals surface area contributed by atoms with Gasteiger partial charge in [-0.2, -0.15) is 0 Å². The van der Waals surface area contributed by atoms with Gasteiger partial charge in [-0.1, -0.05) is 23.7 Å². The maximum atomic E-state index is 11.5. The van der Waals surface area contributed by atoms with Gasteiger partial charge in [0.2, 0.25) is 5.91 Å². The molecule has 102 valence electrons. The van der Waals surface area contributed by atoms with Gasteiger partial charge in [0.15, 0.2) is 0 Å².